The highest BCUT2D eigenvalue weighted by atomic mass is 19.1. The van der Waals surface area contributed by atoms with E-state index >= 15 is 0 Å². The third kappa shape index (κ3) is 6.91. The maximum atomic E-state index is 13.6. The summed E-state index contributed by atoms with van der Waals surface area (Å²) in [6.45, 7) is 5.13. The van der Waals surface area contributed by atoms with E-state index in [4.69, 9.17) is 10.5 Å². The second-order valence-electron chi connectivity index (χ2n) is 7.44. The molecule has 1 atom stereocenters. The summed E-state index contributed by atoms with van der Waals surface area (Å²) in [5.74, 6) is -2.30. The molecule has 1 unspecified atom stereocenters. The first-order valence-corrected chi connectivity index (χ1v) is 8.99. The second kappa shape index (κ2) is 9.18. The molecule has 8 heteroatoms. The Bertz CT molecular complexity index is 895. The van der Waals surface area contributed by atoms with Crippen LogP contribution in [0.5, 0.6) is 0 Å². The predicted octanol–water partition coefficient (Wildman–Crippen LogP) is 3.00. The zero-order valence-electron chi connectivity index (χ0n) is 16.5. The van der Waals surface area contributed by atoms with Crippen LogP contribution in [0.2, 0.25) is 0 Å². The fourth-order valence-corrected chi connectivity index (χ4v) is 2.53. The van der Waals surface area contributed by atoms with Gasteiger partial charge in [0.25, 0.3) is 5.91 Å². The van der Waals surface area contributed by atoms with Gasteiger partial charge >= 0.3 is 6.09 Å². The lowest BCUT2D eigenvalue weighted by molar-refractivity contribution is -0.118. The molecule has 0 saturated heterocycles. The normalized spacial score (nSPS) is 12.0. The number of anilines is 1. The van der Waals surface area contributed by atoms with Crippen molar-refractivity contribution in [3.8, 4) is 0 Å². The number of halogens is 1. The summed E-state index contributed by atoms with van der Waals surface area (Å²) in [5.41, 5.74) is 5.06. The van der Waals surface area contributed by atoms with E-state index in [1.807, 2.05) is 30.3 Å². The van der Waals surface area contributed by atoms with Crippen LogP contribution in [0, 0.1) is 5.82 Å². The molecule has 0 saturated carbocycles. The van der Waals surface area contributed by atoms with Gasteiger partial charge in [0.15, 0.2) is 0 Å². The van der Waals surface area contributed by atoms with Gasteiger partial charge in [0, 0.05) is 12.1 Å². The topological polar surface area (TPSA) is 111 Å². The van der Waals surface area contributed by atoms with Crippen LogP contribution in [0.25, 0.3) is 0 Å². The predicted molar refractivity (Wildman–Crippen MR) is 107 cm³/mol. The Morgan fingerprint density at radius 1 is 1.10 bits per heavy atom. The molecule has 2 rings (SSSR count). The van der Waals surface area contributed by atoms with E-state index in [0.29, 0.717) is 0 Å². The minimum atomic E-state index is -0.964. The number of hydrogen-bond acceptors (Lipinski definition) is 4. The number of primary amides is 1. The molecule has 0 fully saturated rings. The van der Waals surface area contributed by atoms with E-state index in [2.05, 4.69) is 10.6 Å². The molecular formula is C21H24FN3O4. The highest BCUT2D eigenvalue weighted by Crippen LogP contribution is 2.16. The van der Waals surface area contributed by atoms with Crippen LogP contribution in [0.1, 0.15) is 36.7 Å². The van der Waals surface area contributed by atoms with Crippen molar-refractivity contribution in [3.05, 3.63) is 65.5 Å². The highest BCUT2D eigenvalue weighted by Gasteiger charge is 2.25. The van der Waals surface area contributed by atoms with Gasteiger partial charge in [0.2, 0.25) is 5.91 Å². The molecule has 2 aromatic carbocycles. The van der Waals surface area contributed by atoms with Crippen molar-refractivity contribution in [2.75, 3.05) is 5.32 Å². The number of nitrogens with two attached hydrogens (primary N) is 1. The smallest absolute Gasteiger partial charge is 0.408 e. The van der Waals surface area contributed by atoms with Crippen molar-refractivity contribution >= 4 is 23.6 Å². The fraction of sp³-hybridized carbons (Fsp3) is 0.286. The van der Waals surface area contributed by atoms with Gasteiger partial charge in [0.1, 0.15) is 17.5 Å². The number of nitrogens with one attached hydrogen (secondary N) is 2. The molecule has 2 aromatic rings. The van der Waals surface area contributed by atoms with Gasteiger partial charge in [-0.25, -0.2) is 9.18 Å². The van der Waals surface area contributed by atoms with Crippen LogP contribution in [0.15, 0.2) is 48.5 Å². The maximum absolute atomic E-state index is 13.6. The van der Waals surface area contributed by atoms with Crippen LogP contribution in [-0.4, -0.2) is 29.6 Å². The van der Waals surface area contributed by atoms with Crippen LogP contribution < -0.4 is 16.4 Å². The number of amides is 3. The molecule has 4 N–H and O–H groups in total. The Kier molecular flexibility index (Phi) is 6.93. The Morgan fingerprint density at radius 2 is 1.76 bits per heavy atom. The number of rotatable bonds is 6. The van der Waals surface area contributed by atoms with Gasteiger partial charge in [-0.05, 0) is 44.5 Å². The van der Waals surface area contributed by atoms with Crippen molar-refractivity contribution in [2.24, 2.45) is 5.73 Å². The first-order valence-electron chi connectivity index (χ1n) is 8.99. The van der Waals surface area contributed by atoms with Crippen LogP contribution in [-0.2, 0) is 16.0 Å². The molecule has 0 heterocycles. The zero-order valence-corrected chi connectivity index (χ0v) is 16.5. The van der Waals surface area contributed by atoms with E-state index in [0.717, 1.165) is 17.7 Å². The van der Waals surface area contributed by atoms with Gasteiger partial charge < -0.3 is 21.1 Å². The summed E-state index contributed by atoms with van der Waals surface area (Å²) >= 11 is 0. The van der Waals surface area contributed by atoms with E-state index in [1.54, 1.807) is 20.8 Å². The van der Waals surface area contributed by atoms with Crippen LogP contribution in [0.3, 0.4) is 0 Å². The summed E-state index contributed by atoms with van der Waals surface area (Å²) in [6, 6.07) is 11.6. The first-order chi connectivity index (χ1) is 13.5. The van der Waals surface area contributed by atoms with Crippen molar-refractivity contribution in [1.29, 1.82) is 0 Å². The Hall–Kier alpha value is -3.42. The van der Waals surface area contributed by atoms with Crippen molar-refractivity contribution in [3.63, 3.8) is 0 Å². The summed E-state index contributed by atoms with van der Waals surface area (Å²) in [7, 11) is 0. The average molecular weight is 401 g/mol. The molecule has 0 radical (unpaired) electrons. The highest BCUT2D eigenvalue weighted by molar-refractivity contribution is 5.99. The number of hydrogen-bond donors (Lipinski definition) is 3. The lowest BCUT2D eigenvalue weighted by Crippen LogP contribution is -2.47. The molecule has 0 bridgehead atoms. The number of alkyl carbamates (subject to hydrolysis) is 1. The van der Waals surface area contributed by atoms with Crippen molar-refractivity contribution in [1.82, 2.24) is 5.32 Å². The van der Waals surface area contributed by atoms with Gasteiger partial charge in [-0.1, -0.05) is 30.3 Å². The third-order valence-corrected chi connectivity index (χ3v) is 3.79. The fourth-order valence-electron chi connectivity index (χ4n) is 2.53. The average Bonchev–Trinajstić information content (AvgIpc) is 2.61. The number of carbonyl (C=O) groups excluding carboxylic acids is 3. The molecule has 0 aliphatic carbocycles. The summed E-state index contributed by atoms with van der Waals surface area (Å²) in [4.78, 5) is 36.3. The lowest BCUT2D eigenvalue weighted by Gasteiger charge is -2.23. The van der Waals surface area contributed by atoms with Crippen LogP contribution in [0.4, 0.5) is 14.9 Å². The quantitative estimate of drug-likeness (QED) is 0.691. The zero-order chi connectivity index (χ0) is 21.6. The number of benzene rings is 2. The molecule has 0 aliphatic rings. The molecule has 3 amide bonds. The maximum Gasteiger partial charge on any atom is 0.408 e. The SMILES string of the molecule is CC(C)(C)OC(=O)NC(Cc1ccccc1)C(=O)Nc1ccc(F)c(C(N)=O)c1. The molecule has 0 aliphatic heterocycles. The molecule has 0 aromatic heterocycles. The molecule has 0 spiro atoms. The van der Waals surface area contributed by atoms with E-state index in [9.17, 15) is 18.8 Å². The third-order valence-electron chi connectivity index (χ3n) is 3.79. The van der Waals surface area contributed by atoms with Crippen LogP contribution >= 0.6 is 0 Å². The minimum absolute atomic E-state index is 0.175. The van der Waals surface area contributed by atoms with Gasteiger partial charge in [0.05, 0.1) is 5.56 Å². The van der Waals surface area contributed by atoms with E-state index in [1.165, 1.54) is 6.07 Å². The largest absolute Gasteiger partial charge is 0.444 e. The summed E-state index contributed by atoms with van der Waals surface area (Å²) in [5, 5.41) is 5.12. The van der Waals surface area contributed by atoms with Gasteiger partial charge in [-0.2, -0.15) is 0 Å². The van der Waals surface area contributed by atoms with Gasteiger partial charge in [-0.15, -0.1) is 0 Å². The van der Waals surface area contributed by atoms with Crippen molar-refractivity contribution < 1.29 is 23.5 Å². The van der Waals surface area contributed by atoms with E-state index in [-0.39, 0.29) is 17.7 Å². The Labute approximate surface area is 168 Å². The molecule has 154 valence electrons. The Balaban J connectivity index is 2.20. The van der Waals surface area contributed by atoms with E-state index < -0.39 is 35.4 Å². The number of carbonyl (C=O) groups is 3. The molecule has 7 nitrogen and oxygen atoms in total. The second-order valence-corrected chi connectivity index (χ2v) is 7.44. The summed E-state index contributed by atoms with van der Waals surface area (Å²) in [6.07, 6.45) is -0.541. The lowest BCUT2D eigenvalue weighted by atomic mass is 10.1. The van der Waals surface area contributed by atoms with Gasteiger partial charge in [-0.3, -0.25) is 9.59 Å². The Morgan fingerprint density at radius 3 is 2.34 bits per heavy atom. The standard InChI is InChI=1S/C21H24FN3O4/c1-21(2,3)29-20(28)25-17(11-13-7-5-4-6-8-13)19(27)24-14-9-10-16(22)15(12-14)18(23)26/h4-10,12,17H,11H2,1-3H3,(H2,23,26)(H,24,27)(H,25,28). The summed E-state index contributed by atoms with van der Waals surface area (Å²) < 4.78 is 18.9. The van der Waals surface area contributed by atoms with Crippen molar-refractivity contribution in [2.45, 2.75) is 38.8 Å². The number of ether oxygens (including phenoxy) is 1. The minimum Gasteiger partial charge on any atom is -0.444 e. The first kappa shape index (κ1) is 21.9. The molecular weight excluding hydrogens is 377 g/mol. The monoisotopic (exact) mass is 401 g/mol. The molecule has 29 heavy (non-hydrogen) atoms.